The number of hydrogen-bond acceptors (Lipinski definition) is 2. The molecule has 19 heavy (non-hydrogen) atoms. The maximum atomic E-state index is 12.4. The molecule has 1 saturated heterocycles. The molecule has 0 bridgehead atoms. The molecule has 4 unspecified atom stereocenters. The van der Waals surface area contributed by atoms with Crippen molar-refractivity contribution in [3.8, 4) is 0 Å². The summed E-state index contributed by atoms with van der Waals surface area (Å²) in [4.78, 5) is 12.4. The third kappa shape index (κ3) is 4.18. The van der Waals surface area contributed by atoms with Crippen LogP contribution in [0.3, 0.4) is 0 Å². The quantitative estimate of drug-likeness (QED) is 0.457. The molecule has 0 aromatic carbocycles. The van der Waals surface area contributed by atoms with Crippen LogP contribution in [0, 0.1) is 11.8 Å². The fourth-order valence-corrected chi connectivity index (χ4v) is 4.63. The van der Waals surface area contributed by atoms with E-state index in [4.69, 9.17) is 4.74 Å². The minimum Gasteiger partial charge on any atom is -0.465 e. The second-order valence-electron chi connectivity index (χ2n) is 6.02. The number of rotatable bonds is 9. The maximum absolute atomic E-state index is 12.4. The van der Waals surface area contributed by atoms with Gasteiger partial charge < -0.3 is 4.74 Å². The lowest BCUT2D eigenvalue weighted by Gasteiger charge is -2.45. The van der Waals surface area contributed by atoms with Gasteiger partial charge in [0.15, 0.2) is 0 Å². The van der Waals surface area contributed by atoms with Crippen LogP contribution >= 0.6 is 8.58 Å². The summed E-state index contributed by atoms with van der Waals surface area (Å²) < 4.78 is 5.69. The smallest absolute Gasteiger partial charge is 0.316 e. The Hall–Kier alpha value is -0.100. The SMILES string of the molecule is CCCCC(CC)COC(=O)C1(CCC)PCC1C. The first-order valence-electron chi connectivity index (χ1n) is 8.02. The molecule has 0 spiro atoms. The van der Waals surface area contributed by atoms with Crippen LogP contribution in [0.4, 0.5) is 0 Å². The van der Waals surface area contributed by atoms with E-state index in [1.54, 1.807) is 0 Å². The minimum absolute atomic E-state index is 0.0985. The van der Waals surface area contributed by atoms with Crippen LogP contribution in [0.1, 0.15) is 66.2 Å². The van der Waals surface area contributed by atoms with E-state index >= 15 is 0 Å². The Balaban J connectivity index is 2.44. The Kier molecular flexibility index (Phi) is 7.36. The Morgan fingerprint density at radius 1 is 1.37 bits per heavy atom. The van der Waals surface area contributed by atoms with Crippen LogP contribution in [0.2, 0.25) is 0 Å². The van der Waals surface area contributed by atoms with Crippen molar-refractivity contribution in [1.82, 2.24) is 0 Å². The van der Waals surface area contributed by atoms with Gasteiger partial charge in [-0.05, 0) is 30.8 Å². The Bertz CT molecular complexity index is 280. The van der Waals surface area contributed by atoms with Crippen molar-refractivity contribution in [1.29, 1.82) is 0 Å². The van der Waals surface area contributed by atoms with Crippen LogP contribution in [-0.4, -0.2) is 23.9 Å². The summed E-state index contributed by atoms with van der Waals surface area (Å²) in [5.41, 5.74) is 0. The monoisotopic (exact) mass is 286 g/mol. The van der Waals surface area contributed by atoms with Crippen LogP contribution in [0.25, 0.3) is 0 Å². The fraction of sp³-hybridized carbons (Fsp3) is 0.938. The van der Waals surface area contributed by atoms with Gasteiger partial charge in [-0.2, -0.15) is 0 Å². The van der Waals surface area contributed by atoms with Gasteiger partial charge in [0.05, 0.1) is 11.8 Å². The summed E-state index contributed by atoms with van der Waals surface area (Å²) >= 11 is 0. The van der Waals surface area contributed by atoms with Crippen molar-refractivity contribution in [2.24, 2.45) is 11.8 Å². The summed E-state index contributed by atoms with van der Waals surface area (Å²) in [6.45, 7) is 9.43. The molecule has 0 aliphatic carbocycles. The number of esters is 1. The highest BCUT2D eigenvalue weighted by Gasteiger charge is 2.50. The zero-order chi connectivity index (χ0) is 14.3. The molecule has 0 saturated carbocycles. The Morgan fingerprint density at radius 3 is 2.53 bits per heavy atom. The van der Waals surface area contributed by atoms with E-state index in [9.17, 15) is 4.79 Å². The highest BCUT2D eigenvalue weighted by atomic mass is 31.1. The Labute approximate surface area is 120 Å². The summed E-state index contributed by atoms with van der Waals surface area (Å²) in [5.74, 6) is 1.18. The molecule has 1 aliphatic rings. The van der Waals surface area contributed by atoms with Crippen molar-refractivity contribution < 1.29 is 9.53 Å². The first-order chi connectivity index (χ1) is 9.10. The van der Waals surface area contributed by atoms with Crippen LogP contribution < -0.4 is 0 Å². The fourth-order valence-electron chi connectivity index (χ4n) is 2.88. The molecule has 1 aliphatic heterocycles. The van der Waals surface area contributed by atoms with Crippen LogP contribution in [-0.2, 0) is 9.53 Å². The first kappa shape index (κ1) is 17.0. The molecule has 0 amide bonds. The van der Waals surface area contributed by atoms with Crippen molar-refractivity contribution >= 4 is 14.6 Å². The summed E-state index contributed by atoms with van der Waals surface area (Å²) in [6.07, 6.45) is 8.08. The van der Waals surface area contributed by atoms with E-state index in [0.717, 1.165) is 27.8 Å². The van der Waals surface area contributed by atoms with E-state index in [2.05, 4.69) is 27.7 Å². The molecular weight excluding hydrogens is 255 g/mol. The molecule has 2 nitrogen and oxygen atoms in total. The second kappa shape index (κ2) is 8.25. The third-order valence-electron chi connectivity index (χ3n) is 4.57. The van der Waals surface area contributed by atoms with Gasteiger partial charge >= 0.3 is 5.97 Å². The van der Waals surface area contributed by atoms with E-state index in [-0.39, 0.29) is 11.1 Å². The zero-order valence-corrected chi connectivity index (χ0v) is 14.1. The maximum Gasteiger partial charge on any atom is 0.316 e. The van der Waals surface area contributed by atoms with Gasteiger partial charge in [0, 0.05) is 0 Å². The largest absolute Gasteiger partial charge is 0.465 e. The number of carbonyl (C=O) groups is 1. The predicted molar refractivity (Wildman–Crippen MR) is 84.3 cm³/mol. The van der Waals surface area contributed by atoms with Crippen LogP contribution in [0.5, 0.6) is 0 Å². The summed E-state index contributed by atoms with van der Waals surface area (Å²) in [5, 5.41) is -0.113. The minimum atomic E-state index is -0.113. The lowest BCUT2D eigenvalue weighted by molar-refractivity contribution is -0.150. The average molecular weight is 286 g/mol. The molecule has 0 radical (unpaired) electrons. The third-order valence-corrected chi connectivity index (χ3v) is 6.96. The molecule has 0 N–H and O–H groups in total. The predicted octanol–water partition coefficient (Wildman–Crippen LogP) is 4.61. The lowest BCUT2D eigenvalue weighted by atomic mass is 9.88. The molecule has 1 heterocycles. The molecule has 0 aromatic rings. The van der Waals surface area contributed by atoms with Crippen molar-refractivity contribution in [2.45, 2.75) is 71.4 Å². The van der Waals surface area contributed by atoms with Gasteiger partial charge in [-0.25, -0.2) is 0 Å². The standard InChI is InChI=1S/C16H31O2P/c1-5-8-9-14(7-3)11-18-15(17)16(10-6-2)13(4)12-19-16/h13-14,19H,5-12H2,1-4H3. The molecular formula is C16H31O2P. The summed E-state index contributed by atoms with van der Waals surface area (Å²) in [6, 6.07) is 0. The normalized spacial score (nSPS) is 28.9. The van der Waals surface area contributed by atoms with E-state index in [0.29, 0.717) is 18.4 Å². The van der Waals surface area contributed by atoms with Gasteiger partial charge in [-0.15, -0.1) is 8.58 Å². The van der Waals surface area contributed by atoms with E-state index in [1.807, 2.05) is 0 Å². The molecule has 3 heteroatoms. The van der Waals surface area contributed by atoms with Crippen LogP contribution in [0.15, 0.2) is 0 Å². The van der Waals surface area contributed by atoms with Gasteiger partial charge in [0.25, 0.3) is 0 Å². The number of unbranched alkanes of at least 4 members (excludes halogenated alkanes) is 1. The second-order valence-corrected chi connectivity index (χ2v) is 7.67. The van der Waals surface area contributed by atoms with Gasteiger partial charge in [0.1, 0.15) is 0 Å². The van der Waals surface area contributed by atoms with Gasteiger partial charge in [-0.1, -0.05) is 53.4 Å². The van der Waals surface area contributed by atoms with E-state index in [1.165, 1.54) is 25.4 Å². The van der Waals surface area contributed by atoms with Gasteiger partial charge in [0.2, 0.25) is 0 Å². The highest BCUT2D eigenvalue weighted by molar-refractivity contribution is 7.43. The van der Waals surface area contributed by atoms with E-state index < -0.39 is 0 Å². The Morgan fingerprint density at radius 2 is 2.11 bits per heavy atom. The molecule has 0 aromatic heterocycles. The summed E-state index contributed by atoms with van der Waals surface area (Å²) in [7, 11) is 0.780. The number of hydrogen-bond donors (Lipinski definition) is 0. The number of ether oxygens (including phenoxy) is 1. The molecule has 112 valence electrons. The number of carbonyl (C=O) groups excluding carboxylic acids is 1. The van der Waals surface area contributed by atoms with Crippen molar-refractivity contribution in [3.63, 3.8) is 0 Å². The highest BCUT2D eigenvalue weighted by Crippen LogP contribution is 2.54. The van der Waals surface area contributed by atoms with Crippen molar-refractivity contribution in [2.75, 3.05) is 12.8 Å². The zero-order valence-electron chi connectivity index (χ0n) is 13.1. The lowest BCUT2D eigenvalue weighted by Crippen LogP contribution is -2.50. The average Bonchev–Trinajstić information content (AvgIpc) is 2.42. The van der Waals surface area contributed by atoms with Crippen molar-refractivity contribution in [3.05, 3.63) is 0 Å². The topological polar surface area (TPSA) is 26.3 Å². The molecule has 4 atom stereocenters. The van der Waals surface area contributed by atoms with Gasteiger partial charge in [-0.3, -0.25) is 4.79 Å². The molecule has 1 fully saturated rings. The molecule has 1 rings (SSSR count). The first-order valence-corrected chi connectivity index (χ1v) is 9.23.